The van der Waals surface area contributed by atoms with Crippen molar-refractivity contribution in [3.8, 4) is 67.3 Å². The van der Waals surface area contributed by atoms with Crippen LogP contribution < -0.4 is 0 Å². The Kier molecular flexibility index (Phi) is 6.76. The summed E-state index contributed by atoms with van der Waals surface area (Å²) in [7, 11) is 0. The van der Waals surface area contributed by atoms with Crippen LogP contribution in [0.15, 0.2) is 147 Å². The minimum atomic E-state index is 0.793. The van der Waals surface area contributed by atoms with E-state index in [-0.39, 0.29) is 0 Å². The molecule has 0 bridgehead atoms. The highest BCUT2D eigenvalue weighted by Crippen LogP contribution is 2.33. The fourth-order valence-corrected chi connectivity index (χ4v) is 4.89. The lowest BCUT2D eigenvalue weighted by Gasteiger charge is -2.12. The molecule has 0 aliphatic rings. The molecule has 0 aliphatic heterocycles. The van der Waals surface area contributed by atoms with Crippen LogP contribution in [-0.4, -0.2) is 29.9 Å². The molecular formula is C36H24N6. The maximum absolute atomic E-state index is 5.11. The number of nitrogens with zero attached hydrogens (tertiary/aromatic N) is 6. The Morgan fingerprint density at radius 1 is 0.310 bits per heavy atom. The number of pyridine rings is 6. The van der Waals surface area contributed by atoms with Gasteiger partial charge < -0.3 is 0 Å². The standard InChI is InChI=1S/C36H24N6/c1-2-8-25(9-3-1)27-14-28(20-37-19-27)26-17-35(31-15-29(21-38-23-31)33-10-4-6-12-40-33)42-36(18-26)32-16-30(22-39-24-32)34-11-5-7-13-41-34/h1-24H. The lowest BCUT2D eigenvalue weighted by Crippen LogP contribution is -1.94. The van der Waals surface area contributed by atoms with Crippen LogP contribution in [0.5, 0.6) is 0 Å². The highest BCUT2D eigenvalue weighted by Gasteiger charge is 2.13. The molecule has 0 N–H and O–H groups in total. The maximum atomic E-state index is 5.11. The van der Waals surface area contributed by atoms with E-state index in [0.717, 1.165) is 67.3 Å². The molecule has 0 atom stereocenters. The molecule has 6 heterocycles. The average Bonchev–Trinajstić information content (AvgIpc) is 3.09. The molecule has 42 heavy (non-hydrogen) atoms. The van der Waals surface area contributed by atoms with E-state index in [0.29, 0.717) is 0 Å². The van der Waals surface area contributed by atoms with Gasteiger partial charge in [0.15, 0.2) is 0 Å². The SMILES string of the molecule is c1ccc(-c2cncc(-c3cc(-c4cncc(-c5ccccn5)c4)nc(-c4cncc(-c5ccccn5)c4)c3)c2)cc1. The summed E-state index contributed by atoms with van der Waals surface area (Å²) >= 11 is 0. The zero-order chi connectivity index (χ0) is 28.1. The first-order valence-corrected chi connectivity index (χ1v) is 13.6. The molecule has 0 saturated heterocycles. The molecule has 0 radical (unpaired) electrons. The quantitative estimate of drug-likeness (QED) is 0.212. The van der Waals surface area contributed by atoms with Crippen molar-refractivity contribution in [2.24, 2.45) is 0 Å². The van der Waals surface area contributed by atoms with E-state index in [9.17, 15) is 0 Å². The molecule has 6 heteroatoms. The molecule has 0 spiro atoms. The van der Waals surface area contributed by atoms with Crippen molar-refractivity contribution in [1.29, 1.82) is 0 Å². The fourth-order valence-electron chi connectivity index (χ4n) is 4.89. The Hall–Kier alpha value is -5.88. The van der Waals surface area contributed by atoms with Gasteiger partial charge in [0.2, 0.25) is 0 Å². The molecule has 198 valence electrons. The number of hydrogen-bond donors (Lipinski definition) is 0. The van der Waals surface area contributed by atoms with E-state index in [1.54, 1.807) is 12.4 Å². The van der Waals surface area contributed by atoms with Crippen LogP contribution in [-0.2, 0) is 0 Å². The van der Waals surface area contributed by atoms with Gasteiger partial charge in [-0.15, -0.1) is 0 Å². The van der Waals surface area contributed by atoms with Crippen LogP contribution in [0, 0.1) is 0 Å². The summed E-state index contributed by atoms with van der Waals surface area (Å²) in [5.41, 5.74) is 11.1. The molecule has 7 aromatic rings. The predicted molar refractivity (Wildman–Crippen MR) is 166 cm³/mol. The highest BCUT2D eigenvalue weighted by molar-refractivity contribution is 5.80. The summed E-state index contributed by atoms with van der Waals surface area (Å²) in [5, 5.41) is 0. The second-order valence-electron chi connectivity index (χ2n) is 9.81. The zero-order valence-corrected chi connectivity index (χ0v) is 22.5. The van der Waals surface area contributed by atoms with Crippen LogP contribution >= 0.6 is 0 Å². The van der Waals surface area contributed by atoms with Crippen molar-refractivity contribution in [2.45, 2.75) is 0 Å². The third kappa shape index (κ3) is 5.29. The van der Waals surface area contributed by atoms with Crippen molar-refractivity contribution in [3.05, 3.63) is 147 Å². The molecule has 7 rings (SSSR count). The van der Waals surface area contributed by atoms with Crippen molar-refractivity contribution >= 4 is 0 Å². The van der Waals surface area contributed by atoms with E-state index in [2.05, 4.69) is 67.4 Å². The normalized spacial score (nSPS) is 10.9. The van der Waals surface area contributed by atoms with Gasteiger partial charge in [0.25, 0.3) is 0 Å². The smallest absolute Gasteiger partial charge is 0.0731 e. The highest BCUT2D eigenvalue weighted by atomic mass is 14.8. The van der Waals surface area contributed by atoms with Crippen LogP contribution in [0.4, 0.5) is 0 Å². The first-order valence-electron chi connectivity index (χ1n) is 13.6. The second-order valence-corrected chi connectivity index (χ2v) is 9.81. The lowest BCUT2D eigenvalue weighted by atomic mass is 9.98. The molecular weight excluding hydrogens is 516 g/mol. The van der Waals surface area contributed by atoms with Gasteiger partial charge >= 0.3 is 0 Å². The van der Waals surface area contributed by atoms with Crippen molar-refractivity contribution in [1.82, 2.24) is 29.9 Å². The third-order valence-corrected chi connectivity index (χ3v) is 6.99. The number of benzene rings is 1. The molecule has 0 fully saturated rings. The van der Waals surface area contributed by atoms with Gasteiger partial charge in [-0.1, -0.05) is 42.5 Å². The van der Waals surface area contributed by atoms with E-state index in [1.165, 1.54) is 0 Å². The average molecular weight is 541 g/mol. The van der Waals surface area contributed by atoms with Crippen LogP contribution in [0.25, 0.3) is 67.3 Å². The van der Waals surface area contributed by atoms with Gasteiger partial charge in [-0.05, 0) is 65.7 Å². The Balaban J connectivity index is 1.38. The van der Waals surface area contributed by atoms with Crippen LogP contribution in [0.1, 0.15) is 0 Å². The molecule has 6 aromatic heterocycles. The van der Waals surface area contributed by atoms with Crippen molar-refractivity contribution in [2.75, 3.05) is 0 Å². The van der Waals surface area contributed by atoms with Crippen molar-refractivity contribution < 1.29 is 0 Å². The molecule has 0 amide bonds. The van der Waals surface area contributed by atoms with Gasteiger partial charge in [0, 0.05) is 83.0 Å². The molecule has 0 saturated carbocycles. The number of rotatable bonds is 6. The molecule has 1 aromatic carbocycles. The summed E-state index contributed by atoms with van der Waals surface area (Å²) in [6.07, 6.45) is 14.7. The minimum Gasteiger partial charge on any atom is -0.263 e. The monoisotopic (exact) mass is 540 g/mol. The van der Waals surface area contributed by atoms with Gasteiger partial charge in [-0.25, -0.2) is 4.98 Å². The summed E-state index contributed by atoms with van der Waals surface area (Å²) in [6.45, 7) is 0. The molecule has 0 unspecified atom stereocenters. The molecule has 6 nitrogen and oxygen atoms in total. The van der Waals surface area contributed by atoms with E-state index in [4.69, 9.17) is 4.98 Å². The van der Waals surface area contributed by atoms with Gasteiger partial charge in [0.05, 0.1) is 22.8 Å². The summed E-state index contributed by atoms with van der Waals surface area (Å²) < 4.78 is 0. The second kappa shape index (κ2) is 11.3. The Labute approximate surface area is 243 Å². The fraction of sp³-hybridized carbons (Fsp3) is 0. The number of aromatic nitrogens is 6. The summed E-state index contributed by atoms with van der Waals surface area (Å²) in [6, 6.07) is 32.5. The summed E-state index contributed by atoms with van der Waals surface area (Å²) in [5.74, 6) is 0. The van der Waals surface area contributed by atoms with Crippen molar-refractivity contribution in [3.63, 3.8) is 0 Å². The number of hydrogen-bond acceptors (Lipinski definition) is 6. The van der Waals surface area contributed by atoms with Crippen LogP contribution in [0.3, 0.4) is 0 Å². The zero-order valence-electron chi connectivity index (χ0n) is 22.5. The Morgan fingerprint density at radius 2 is 0.738 bits per heavy atom. The van der Waals surface area contributed by atoms with E-state index in [1.807, 2.05) is 91.8 Å². The van der Waals surface area contributed by atoms with E-state index >= 15 is 0 Å². The van der Waals surface area contributed by atoms with Gasteiger partial charge in [-0.2, -0.15) is 0 Å². The minimum absolute atomic E-state index is 0.793. The lowest BCUT2D eigenvalue weighted by molar-refractivity contribution is 1.24. The Bertz CT molecular complexity index is 1730. The maximum Gasteiger partial charge on any atom is 0.0731 e. The third-order valence-electron chi connectivity index (χ3n) is 6.99. The first-order chi connectivity index (χ1) is 20.8. The topological polar surface area (TPSA) is 77.3 Å². The van der Waals surface area contributed by atoms with Gasteiger partial charge in [0.1, 0.15) is 0 Å². The largest absolute Gasteiger partial charge is 0.263 e. The van der Waals surface area contributed by atoms with Crippen LogP contribution in [0.2, 0.25) is 0 Å². The first kappa shape index (κ1) is 25.1. The molecule has 0 aliphatic carbocycles. The van der Waals surface area contributed by atoms with Gasteiger partial charge in [-0.3, -0.25) is 24.9 Å². The Morgan fingerprint density at radius 3 is 1.24 bits per heavy atom. The predicted octanol–water partition coefficient (Wildman–Crippen LogP) is 8.06. The summed E-state index contributed by atoms with van der Waals surface area (Å²) in [4.78, 5) is 27.8. The van der Waals surface area contributed by atoms with E-state index < -0.39 is 0 Å².